The third kappa shape index (κ3) is 6.07. The molecule has 1 unspecified atom stereocenters. The van der Waals surface area contributed by atoms with Crippen molar-refractivity contribution < 1.29 is 9.47 Å². The molecule has 0 aromatic carbocycles. The topological polar surface area (TPSA) is 30.5 Å². The van der Waals surface area contributed by atoms with Crippen molar-refractivity contribution in [3.8, 4) is 0 Å². The molecule has 120 valence electrons. The average molecular weight is 311 g/mol. The second-order valence-corrected chi connectivity index (χ2v) is 6.78. The lowest BCUT2D eigenvalue weighted by Crippen LogP contribution is -2.27. The summed E-state index contributed by atoms with van der Waals surface area (Å²) in [6.45, 7) is 3.34. The Morgan fingerprint density at radius 1 is 1.24 bits per heavy atom. The van der Waals surface area contributed by atoms with E-state index in [0.717, 1.165) is 25.5 Å². The number of ether oxygens (including phenoxy) is 2. The molecule has 0 spiro atoms. The number of rotatable bonds is 11. The molecule has 1 aromatic rings. The third-order valence-corrected chi connectivity index (χ3v) is 5.19. The average Bonchev–Trinajstić information content (AvgIpc) is 3.19. The lowest BCUT2D eigenvalue weighted by molar-refractivity contribution is 0.0687. The first-order valence-electron chi connectivity index (χ1n) is 8.25. The van der Waals surface area contributed by atoms with Crippen LogP contribution in [-0.2, 0) is 9.47 Å². The Kier molecular flexibility index (Phi) is 8.33. The van der Waals surface area contributed by atoms with Crippen LogP contribution in [0.2, 0.25) is 0 Å². The molecule has 1 saturated carbocycles. The molecule has 0 bridgehead atoms. The van der Waals surface area contributed by atoms with Crippen molar-refractivity contribution in [1.82, 2.24) is 5.32 Å². The van der Waals surface area contributed by atoms with Gasteiger partial charge in [-0.3, -0.25) is 0 Å². The molecule has 1 N–H and O–H groups in total. The minimum atomic E-state index is 0.571. The second-order valence-electron chi connectivity index (χ2n) is 5.80. The second kappa shape index (κ2) is 10.3. The summed E-state index contributed by atoms with van der Waals surface area (Å²) in [7, 11) is 1.71. The van der Waals surface area contributed by atoms with Crippen molar-refractivity contribution in [2.45, 2.75) is 44.6 Å². The van der Waals surface area contributed by atoms with Gasteiger partial charge in [0.15, 0.2) is 0 Å². The van der Waals surface area contributed by atoms with E-state index >= 15 is 0 Å². The highest BCUT2D eigenvalue weighted by Crippen LogP contribution is 2.37. The van der Waals surface area contributed by atoms with Crippen molar-refractivity contribution in [3.63, 3.8) is 0 Å². The molecular weight excluding hydrogens is 282 g/mol. The van der Waals surface area contributed by atoms with Crippen molar-refractivity contribution in [2.75, 3.05) is 33.5 Å². The van der Waals surface area contributed by atoms with Crippen molar-refractivity contribution in [2.24, 2.45) is 5.92 Å². The zero-order chi connectivity index (χ0) is 14.8. The maximum Gasteiger partial charge on any atom is 0.0700 e. The Hall–Kier alpha value is -0.420. The fourth-order valence-electron chi connectivity index (χ4n) is 3.09. The fourth-order valence-corrected chi connectivity index (χ4v) is 3.98. The number of unbranched alkanes of at least 4 members (excludes halogenated alkanes) is 1. The van der Waals surface area contributed by atoms with Gasteiger partial charge in [0.05, 0.1) is 13.2 Å². The Labute approximate surface area is 133 Å². The molecule has 1 aliphatic rings. The molecule has 21 heavy (non-hydrogen) atoms. The van der Waals surface area contributed by atoms with Crippen LogP contribution in [0.5, 0.6) is 0 Å². The monoisotopic (exact) mass is 311 g/mol. The number of thiophene rings is 1. The van der Waals surface area contributed by atoms with E-state index in [2.05, 4.69) is 22.8 Å². The van der Waals surface area contributed by atoms with Crippen LogP contribution in [0.3, 0.4) is 0 Å². The SMILES string of the molecule is COCCOCCCCNC(c1cccs1)C1CCCC1. The van der Waals surface area contributed by atoms with Gasteiger partial charge in [-0.25, -0.2) is 0 Å². The first kappa shape index (κ1) is 16.9. The zero-order valence-electron chi connectivity index (χ0n) is 13.2. The number of hydrogen-bond acceptors (Lipinski definition) is 4. The van der Waals surface area contributed by atoms with Gasteiger partial charge in [0, 0.05) is 24.6 Å². The van der Waals surface area contributed by atoms with Crippen LogP contribution in [0.15, 0.2) is 17.5 Å². The molecular formula is C17H29NO2S. The maximum absolute atomic E-state index is 5.50. The summed E-state index contributed by atoms with van der Waals surface area (Å²) in [5.41, 5.74) is 0. The fraction of sp³-hybridized carbons (Fsp3) is 0.765. The molecule has 1 heterocycles. The smallest absolute Gasteiger partial charge is 0.0700 e. The van der Waals surface area contributed by atoms with E-state index in [4.69, 9.17) is 9.47 Å². The van der Waals surface area contributed by atoms with Crippen LogP contribution in [-0.4, -0.2) is 33.5 Å². The summed E-state index contributed by atoms with van der Waals surface area (Å²) >= 11 is 1.89. The van der Waals surface area contributed by atoms with E-state index in [-0.39, 0.29) is 0 Å². The summed E-state index contributed by atoms with van der Waals surface area (Å²) in [5.74, 6) is 0.835. The van der Waals surface area contributed by atoms with E-state index in [9.17, 15) is 0 Å². The lowest BCUT2D eigenvalue weighted by atomic mass is 9.96. The Morgan fingerprint density at radius 3 is 2.81 bits per heavy atom. The van der Waals surface area contributed by atoms with Crippen LogP contribution in [0, 0.1) is 5.92 Å². The van der Waals surface area contributed by atoms with E-state index in [0.29, 0.717) is 19.3 Å². The van der Waals surface area contributed by atoms with Crippen molar-refractivity contribution in [3.05, 3.63) is 22.4 Å². The largest absolute Gasteiger partial charge is 0.382 e. The van der Waals surface area contributed by atoms with E-state index in [1.54, 1.807) is 7.11 Å². The van der Waals surface area contributed by atoms with Gasteiger partial charge in [-0.05, 0) is 49.6 Å². The number of methoxy groups -OCH3 is 1. The van der Waals surface area contributed by atoms with Gasteiger partial charge < -0.3 is 14.8 Å². The van der Waals surface area contributed by atoms with Crippen molar-refractivity contribution in [1.29, 1.82) is 0 Å². The predicted molar refractivity (Wildman–Crippen MR) is 88.9 cm³/mol. The van der Waals surface area contributed by atoms with Crippen LogP contribution in [0.4, 0.5) is 0 Å². The quantitative estimate of drug-likeness (QED) is 0.626. The Balaban J connectivity index is 1.63. The van der Waals surface area contributed by atoms with Gasteiger partial charge in [0.25, 0.3) is 0 Å². The van der Waals surface area contributed by atoms with Gasteiger partial charge in [-0.2, -0.15) is 0 Å². The first-order valence-corrected chi connectivity index (χ1v) is 9.13. The van der Waals surface area contributed by atoms with Crippen LogP contribution >= 0.6 is 11.3 Å². The van der Waals surface area contributed by atoms with Gasteiger partial charge in [0.1, 0.15) is 0 Å². The maximum atomic E-state index is 5.50. The highest BCUT2D eigenvalue weighted by molar-refractivity contribution is 7.10. The minimum absolute atomic E-state index is 0.571. The molecule has 1 atom stereocenters. The summed E-state index contributed by atoms with van der Waals surface area (Å²) in [4.78, 5) is 1.51. The predicted octanol–water partition coefficient (Wildman–Crippen LogP) is 4.01. The number of hydrogen-bond donors (Lipinski definition) is 1. The van der Waals surface area contributed by atoms with Crippen LogP contribution in [0.1, 0.15) is 49.4 Å². The van der Waals surface area contributed by atoms with Gasteiger partial charge in [-0.15, -0.1) is 11.3 Å². The van der Waals surface area contributed by atoms with Crippen LogP contribution < -0.4 is 5.32 Å². The molecule has 3 nitrogen and oxygen atoms in total. The van der Waals surface area contributed by atoms with E-state index in [1.165, 1.54) is 37.0 Å². The molecule has 4 heteroatoms. The molecule has 0 amide bonds. The van der Waals surface area contributed by atoms with Gasteiger partial charge >= 0.3 is 0 Å². The molecule has 0 saturated heterocycles. The van der Waals surface area contributed by atoms with E-state index in [1.807, 2.05) is 11.3 Å². The summed E-state index contributed by atoms with van der Waals surface area (Å²) in [6, 6.07) is 5.03. The zero-order valence-corrected chi connectivity index (χ0v) is 14.0. The molecule has 2 rings (SSSR count). The third-order valence-electron chi connectivity index (χ3n) is 4.23. The number of nitrogens with one attached hydrogen (secondary N) is 1. The normalized spacial score (nSPS) is 17.4. The van der Waals surface area contributed by atoms with Crippen LogP contribution in [0.25, 0.3) is 0 Å². The van der Waals surface area contributed by atoms with Crippen molar-refractivity contribution >= 4 is 11.3 Å². The molecule has 0 aliphatic heterocycles. The minimum Gasteiger partial charge on any atom is -0.382 e. The molecule has 1 fully saturated rings. The summed E-state index contributed by atoms with van der Waals surface area (Å²) < 4.78 is 10.5. The lowest BCUT2D eigenvalue weighted by Gasteiger charge is -2.24. The first-order chi connectivity index (χ1) is 10.4. The standard InChI is InChI=1S/C17H29NO2S/c1-19-12-13-20-11-5-4-10-18-17(15-7-2-3-8-15)16-9-6-14-21-16/h6,9,14-15,17-18H,2-5,7-8,10-13H2,1H3. The Morgan fingerprint density at radius 2 is 2.10 bits per heavy atom. The molecule has 0 radical (unpaired) electrons. The highest BCUT2D eigenvalue weighted by atomic mass is 32.1. The van der Waals surface area contributed by atoms with Gasteiger partial charge in [0.2, 0.25) is 0 Å². The molecule has 1 aliphatic carbocycles. The summed E-state index contributed by atoms with van der Waals surface area (Å²) in [5, 5.41) is 5.99. The summed E-state index contributed by atoms with van der Waals surface area (Å²) in [6.07, 6.45) is 7.88. The Bertz CT molecular complexity index is 350. The highest BCUT2D eigenvalue weighted by Gasteiger charge is 2.26. The van der Waals surface area contributed by atoms with Gasteiger partial charge in [-0.1, -0.05) is 18.9 Å². The molecule has 1 aromatic heterocycles. The van der Waals surface area contributed by atoms with E-state index < -0.39 is 0 Å².